The molecule has 2 rings (SSSR count). The van der Waals surface area contributed by atoms with Crippen molar-refractivity contribution in [2.24, 2.45) is 0 Å². The molecule has 2 amide bonds. The van der Waals surface area contributed by atoms with Crippen LogP contribution in [0.5, 0.6) is 0 Å². The number of carbonyl (C=O) groups excluding carboxylic acids is 2. The number of aryl methyl sites for hydroxylation is 1. The van der Waals surface area contributed by atoms with Gasteiger partial charge in [0.15, 0.2) is 0 Å². The Kier molecular flexibility index (Phi) is 4.75. The van der Waals surface area contributed by atoms with Gasteiger partial charge in [-0.05, 0) is 58.7 Å². The molecule has 0 saturated heterocycles. The predicted molar refractivity (Wildman–Crippen MR) is 87.6 cm³/mol. The summed E-state index contributed by atoms with van der Waals surface area (Å²) < 4.78 is 0.745. The zero-order valence-corrected chi connectivity index (χ0v) is 13.3. The number of rotatable bonds is 3. The fraction of sp³-hybridized carbons (Fsp3) is 0.125. The highest BCUT2D eigenvalue weighted by Gasteiger charge is 2.10. The van der Waals surface area contributed by atoms with Gasteiger partial charge in [-0.1, -0.05) is 12.1 Å². The van der Waals surface area contributed by atoms with E-state index < -0.39 is 0 Å². The van der Waals surface area contributed by atoms with Crippen molar-refractivity contribution in [3.05, 3.63) is 58.1 Å². The van der Waals surface area contributed by atoms with Crippen LogP contribution in [0, 0.1) is 6.92 Å². The highest BCUT2D eigenvalue weighted by atomic mass is 79.9. The number of nitrogens with one attached hydrogen (secondary N) is 2. The molecule has 0 aromatic heterocycles. The second-order valence-electron chi connectivity index (χ2n) is 4.64. The van der Waals surface area contributed by atoms with Gasteiger partial charge in [0.05, 0.1) is 5.56 Å². The first-order valence-corrected chi connectivity index (χ1v) is 7.21. The monoisotopic (exact) mass is 346 g/mol. The van der Waals surface area contributed by atoms with Crippen LogP contribution in [0.25, 0.3) is 0 Å². The molecule has 5 heteroatoms. The number of amides is 2. The summed E-state index contributed by atoms with van der Waals surface area (Å²) in [4.78, 5) is 23.3. The Labute approximate surface area is 131 Å². The van der Waals surface area contributed by atoms with E-state index in [-0.39, 0.29) is 11.8 Å². The van der Waals surface area contributed by atoms with Crippen LogP contribution in [0.3, 0.4) is 0 Å². The molecule has 0 aliphatic heterocycles. The van der Waals surface area contributed by atoms with E-state index in [1.165, 1.54) is 6.92 Å². The SMILES string of the molecule is CC(=O)Nc1ccc(NC(=O)c2ccccc2Br)cc1C. The zero-order chi connectivity index (χ0) is 15.4. The fourth-order valence-corrected chi connectivity index (χ4v) is 2.38. The molecule has 2 aromatic rings. The third-order valence-electron chi connectivity index (χ3n) is 2.91. The van der Waals surface area contributed by atoms with E-state index in [9.17, 15) is 9.59 Å². The zero-order valence-electron chi connectivity index (χ0n) is 11.7. The number of benzene rings is 2. The van der Waals surface area contributed by atoms with Crippen molar-refractivity contribution in [3.63, 3.8) is 0 Å². The minimum atomic E-state index is -0.186. The average Bonchev–Trinajstić information content (AvgIpc) is 2.42. The molecular formula is C16H15BrN2O2. The van der Waals surface area contributed by atoms with Gasteiger partial charge in [0.25, 0.3) is 5.91 Å². The van der Waals surface area contributed by atoms with Gasteiger partial charge in [0.2, 0.25) is 5.91 Å². The lowest BCUT2D eigenvalue weighted by molar-refractivity contribution is -0.114. The summed E-state index contributed by atoms with van der Waals surface area (Å²) in [6.07, 6.45) is 0. The van der Waals surface area contributed by atoms with Crippen LogP contribution in [0.4, 0.5) is 11.4 Å². The van der Waals surface area contributed by atoms with Gasteiger partial charge < -0.3 is 10.6 Å². The molecule has 108 valence electrons. The minimum absolute atomic E-state index is 0.122. The molecule has 0 spiro atoms. The highest BCUT2D eigenvalue weighted by molar-refractivity contribution is 9.10. The van der Waals surface area contributed by atoms with Crippen LogP contribution < -0.4 is 10.6 Å². The molecule has 0 fully saturated rings. The Morgan fingerprint density at radius 1 is 1.05 bits per heavy atom. The standard InChI is InChI=1S/C16H15BrN2O2/c1-10-9-12(7-8-15(10)18-11(2)20)19-16(21)13-5-3-4-6-14(13)17/h3-9H,1-2H3,(H,18,20)(H,19,21). The minimum Gasteiger partial charge on any atom is -0.326 e. The third kappa shape index (κ3) is 3.92. The van der Waals surface area contributed by atoms with Gasteiger partial charge in [-0.15, -0.1) is 0 Å². The Morgan fingerprint density at radius 2 is 1.76 bits per heavy atom. The lowest BCUT2D eigenvalue weighted by Crippen LogP contribution is -2.13. The fourth-order valence-electron chi connectivity index (χ4n) is 1.92. The van der Waals surface area contributed by atoms with Crippen molar-refractivity contribution in [2.45, 2.75) is 13.8 Å². The van der Waals surface area contributed by atoms with Gasteiger partial charge in [-0.25, -0.2) is 0 Å². The number of halogens is 1. The average molecular weight is 347 g/mol. The van der Waals surface area contributed by atoms with E-state index in [4.69, 9.17) is 0 Å². The molecule has 4 nitrogen and oxygen atoms in total. The summed E-state index contributed by atoms with van der Waals surface area (Å²) in [7, 11) is 0. The van der Waals surface area contributed by atoms with Crippen LogP contribution >= 0.6 is 15.9 Å². The van der Waals surface area contributed by atoms with E-state index in [2.05, 4.69) is 26.6 Å². The summed E-state index contributed by atoms with van der Waals surface area (Å²) in [5.41, 5.74) is 2.87. The largest absolute Gasteiger partial charge is 0.326 e. The van der Waals surface area contributed by atoms with Crippen molar-refractivity contribution in [1.82, 2.24) is 0 Å². The van der Waals surface area contributed by atoms with E-state index in [1.807, 2.05) is 31.2 Å². The molecule has 0 aliphatic rings. The Bertz CT molecular complexity index is 698. The van der Waals surface area contributed by atoms with Crippen molar-refractivity contribution in [2.75, 3.05) is 10.6 Å². The third-order valence-corrected chi connectivity index (χ3v) is 3.60. The van der Waals surface area contributed by atoms with E-state index in [1.54, 1.807) is 18.2 Å². The van der Waals surface area contributed by atoms with Gasteiger partial charge in [0.1, 0.15) is 0 Å². The molecule has 2 aromatic carbocycles. The first kappa shape index (κ1) is 15.3. The van der Waals surface area contributed by atoms with Crippen LogP contribution in [0.2, 0.25) is 0 Å². The van der Waals surface area contributed by atoms with E-state index in [0.717, 1.165) is 15.7 Å². The first-order chi connectivity index (χ1) is 9.97. The molecular weight excluding hydrogens is 332 g/mol. The van der Waals surface area contributed by atoms with Gasteiger partial charge >= 0.3 is 0 Å². The number of anilines is 2. The maximum absolute atomic E-state index is 12.2. The Morgan fingerprint density at radius 3 is 2.38 bits per heavy atom. The normalized spacial score (nSPS) is 10.0. The molecule has 0 heterocycles. The molecule has 2 N–H and O–H groups in total. The molecule has 0 radical (unpaired) electrons. The molecule has 0 atom stereocenters. The van der Waals surface area contributed by atoms with Gasteiger partial charge in [-0.2, -0.15) is 0 Å². The lowest BCUT2D eigenvalue weighted by Gasteiger charge is -2.10. The van der Waals surface area contributed by atoms with Gasteiger partial charge in [-0.3, -0.25) is 9.59 Å². The molecule has 21 heavy (non-hydrogen) atoms. The summed E-state index contributed by atoms with van der Waals surface area (Å²) in [6, 6.07) is 12.6. The van der Waals surface area contributed by atoms with Crippen LogP contribution in [-0.4, -0.2) is 11.8 Å². The Balaban J connectivity index is 2.17. The number of hydrogen-bond donors (Lipinski definition) is 2. The second-order valence-corrected chi connectivity index (χ2v) is 5.50. The van der Waals surface area contributed by atoms with Crippen molar-refractivity contribution in [3.8, 4) is 0 Å². The number of hydrogen-bond acceptors (Lipinski definition) is 2. The Hall–Kier alpha value is -2.14. The summed E-state index contributed by atoms with van der Waals surface area (Å²) >= 11 is 3.36. The quantitative estimate of drug-likeness (QED) is 0.883. The predicted octanol–water partition coefficient (Wildman–Crippen LogP) is 3.97. The summed E-state index contributed by atoms with van der Waals surface area (Å²) in [6.45, 7) is 3.33. The lowest BCUT2D eigenvalue weighted by atomic mass is 10.1. The van der Waals surface area contributed by atoms with E-state index in [0.29, 0.717) is 11.3 Å². The molecule has 0 saturated carbocycles. The van der Waals surface area contributed by atoms with Gasteiger partial charge in [0, 0.05) is 22.8 Å². The molecule has 0 aliphatic carbocycles. The smallest absolute Gasteiger partial charge is 0.256 e. The highest BCUT2D eigenvalue weighted by Crippen LogP contribution is 2.22. The second kappa shape index (κ2) is 6.54. The maximum atomic E-state index is 12.2. The van der Waals surface area contributed by atoms with Crippen molar-refractivity contribution >= 4 is 39.1 Å². The first-order valence-electron chi connectivity index (χ1n) is 6.41. The molecule has 0 unspecified atom stereocenters. The van der Waals surface area contributed by atoms with Crippen molar-refractivity contribution in [1.29, 1.82) is 0 Å². The molecule has 0 bridgehead atoms. The number of carbonyl (C=O) groups is 2. The van der Waals surface area contributed by atoms with Crippen LogP contribution in [0.15, 0.2) is 46.9 Å². The van der Waals surface area contributed by atoms with Crippen LogP contribution in [-0.2, 0) is 4.79 Å². The van der Waals surface area contributed by atoms with Crippen molar-refractivity contribution < 1.29 is 9.59 Å². The van der Waals surface area contributed by atoms with Crippen LogP contribution in [0.1, 0.15) is 22.8 Å². The topological polar surface area (TPSA) is 58.2 Å². The maximum Gasteiger partial charge on any atom is 0.256 e. The van der Waals surface area contributed by atoms with E-state index >= 15 is 0 Å². The summed E-state index contributed by atoms with van der Waals surface area (Å²) in [5.74, 6) is -0.308. The summed E-state index contributed by atoms with van der Waals surface area (Å²) in [5, 5.41) is 5.57.